The van der Waals surface area contributed by atoms with Gasteiger partial charge in [-0.2, -0.15) is 0 Å². The van der Waals surface area contributed by atoms with Crippen molar-refractivity contribution in [1.29, 1.82) is 0 Å². The average Bonchev–Trinajstić information content (AvgIpc) is 3.15. The summed E-state index contributed by atoms with van der Waals surface area (Å²) in [5.41, 5.74) is 5.12. The van der Waals surface area contributed by atoms with Crippen LogP contribution in [0.5, 0.6) is 5.75 Å². The van der Waals surface area contributed by atoms with Gasteiger partial charge in [0.25, 0.3) is 5.56 Å². The number of H-pyrrole nitrogens is 1. The summed E-state index contributed by atoms with van der Waals surface area (Å²) in [6.07, 6.45) is 0.759. The molecule has 0 atom stereocenters. The van der Waals surface area contributed by atoms with Crippen molar-refractivity contribution < 1.29 is 4.74 Å². The number of hydrogen-bond donors (Lipinski definition) is 1. The van der Waals surface area contributed by atoms with Gasteiger partial charge in [0.05, 0.1) is 11.4 Å². The molecular formula is C26H25N3O2. The first-order chi connectivity index (χ1) is 15.3. The summed E-state index contributed by atoms with van der Waals surface area (Å²) in [4.78, 5) is 15.4. The smallest absolute Gasteiger partial charge is 0.274 e. The minimum atomic E-state index is 0.0366. The van der Waals surface area contributed by atoms with E-state index in [4.69, 9.17) is 4.74 Å². The highest BCUT2D eigenvalue weighted by atomic mass is 16.5. The Balaban J connectivity index is 1.33. The zero-order valence-electron chi connectivity index (χ0n) is 17.3. The van der Waals surface area contributed by atoms with E-state index in [2.05, 4.69) is 34.3 Å². The van der Waals surface area contributed by atoms with E-state index in [0.29, 0.717) is 6.61 Å². The van der Waals surface area contributed by atoms with E-state index >= 15 is 0 Å². The van der Waals surface area contributed by atoms with E-state index in [-0.39, 0.29) is 5.56 Å². The zero-order valence-corrected chi connectivity index (χ0v) is 17.3. The number of benzene rings is 3. The maximum atomic E-state index is 13.0. The van der Waals surface area contributed by atoms with Crippen molar-refractivity contribution >= 4 is 0 Å². The number of aromatic nitrogens is 2. The standard InChI is InChI=1S/C26H25N3O2/c30-26-24-14-15-28(17-20-8-3-1-4-9-20)18-25(24)27-29(26)22-12-7-13-23(16-22)31-19-21-10-5-2-6-11-21/h1-13,16,27H,14-15,17-19H2. The van der Waals surface area contributed by atoms with Crippen LogP contribution >= 0.6 is 0 Å². The summed E-state index contributed by atoms with van der Waals surface area (Å²) >= 11 is 0. The third-order valence-electron chi connectivity index (χ3n) is 5.71. The molecule has 2 heterocycles. The van der Waals surface area contributed by atoms with Gasteiger partial charge in [-0.05, 0) is 29.7 Å². The van der Waals surface area contributed by atoms with Gasteiger partial charge in [-0.3, -0.25) is 14.8 Å². The molecule has 31 heavy (non-hydrogen) atoms. The van der Waals surface area contributed by atoms with Crippen molar-refractivity contribution in [2.75, 3.05) is 6.54 Å². The lowest BCUT2D eigenvalue weighted by molar-refractivity contribution is 0.242. The van der Waals surface area contributed by atoms with Crippen molar-refractivity contribution in [1.82, 2.24) is 14.7 Å². The largest absolute Gasteiger partial charge is 0.489 e. The van der Waals surface area contributed by atoms with Crippen molar-refractivity contribution in [2.24, 2.45) is 0 Å². The SMILES string of the molecule is O=c1c2c([nH]n1-c1cccc(OCc3ccccc3)c1)CN(Cc1ccccc1)CC2. The van der Waals surface area contributed by atoms with Crippen LogP contribution in [0.2, 0.25) is 0 Å². The monoisotopic (exact) mass is 411 g/mol. The first-order valence-corrected chi connectivity index (χ1v) is 10.6. The van der Waals surface area contributed by atoms with Crippen LogP contribution in [0.4, 0.5) is 0 Å². The normalized spacial score (nSPS) is 13.7. The second-order valence-electron chi connectivity index (χ2n) is 7.93. The second-order valence-corrected chi connectivity index (χ2v) is 7.93. The van der Waals surface area contributed by atoms with E-state index in [1.165, 1.54) is 5.56 Å². The Hall–Kier alpha value is -3.57. The van der Waals surface area contributed by atoms with E-state index in [0.717, 1.165) is 54.3 Å². The van der Waals surface area contributed by atoms with E-state index in [1.54, 1.807) is 4.68 Å². The molecule has 4 aromatic rings. The van der Waals surface area contributed by atoms with Gasteiger partial charge in [0.15, 0.2) is 0 Å². The third-order valence-corrected chi connectivity index (χ3v) is 5.71. The molecule has 0 fully saturated rings. The highest BCUT2D eigenvalue weighted by molar-refractivity contribution is 5.40. The number of hydrogen-bond acceptors (Lipinski definition) is 3. The van der Waals surface area contributed by atoms with Gasteiger partial charge < -0.3 is 4.74 Å². The molecule has 5 rings (SSSR count). The zero-order chi connectivity index (χ0) is 21.0. The van der Waals surface area contributed by atoms with Crippen molar-refractivity contribution in [3.63, 3.8) is 0 Å². The Bertz CT molecular complexity index is 1210. The molecule has 0 saturated heterocycles. The highest BCUT2D eigenvalue weighted by Crippen LogP contribution is 2.21. The van der Waals surface area contributed by atoms with Crippen LogP contribution in [0.15, 0.2) is 89.7 Å². The molecule has 1 aliphatic heterocycles. The maximum absolute atomic E-state index is 13.0. The Morgan fingerprint density at radius 1 is 0.871 bits per heavy atom. The Labute approximate surface area is 181 Å². The summed E-state index contributed by atoms with van der Waals surface area (Å²) in [6, 6.07) is 28.2. The Morgan fingerprint density at radius 3 is 2.39 bits per heavy atom. The average molecular weight is 412 g/mol. The molecule has 1 N–H and O–H groups in total. The number of nitrogens with zero attached hydrogens (tertiary/aromatic N) is 2. The summed E-state index contributed by atoms with van der Waals surface area (Å²) in [5, 5.41) is 3.34. The number of nitrogens with one attached hydrogen (secondary N) is 1. The fourth-order valence-corrected chi connectivity index (χ4v) is 4.09. The lowest BCUT2D eigenvalue weighted by atomic mass is 10.1. The number of fused-ring (bicyclic) bond motifs is 1. The molecule has 0 amide bonds. The number of aromatic amines is 1. The predicted molar refractivity (Wildman–Crippen MR) is 121 cm³/mol. The van der Waals surface area contributed by atoms with Crippen LogP contribution in [0.3, 0.4) is 0 Å². The molecule has 156 valence electrons. The quantitative estimate of drug-likeness (QED) is 0.515. The lowest BCUT2D eigenvalue weighted by Gasteiger charge is -2.25. The van der Waals surface area contributed by atoms with Gasteiger partial charge in [-0.25, -0.2) is 4.68 Å². The minimum Gasteiger partial charge on any atom is -0.489 e. The van der Waals surface area contributed by atoms with E-state index in [9.17, 15) is 4.79 Å². The summed E-state index contributed by atoms with van der Waals surface area (Å²) in [5.74, 6) is 0.742. The van der Waals surface area contributed by atoms with Crippen LogP contribution in [-0.4, -0.2) is 21.2 Å². The summed E-state index contributed by atoms with van der Waals surface area (Å²) < 4.78 is 7.59. The molecule has 3 aromatic carbocycles. The van der Waals surface area contributed by atoms with Crippen LogP contribution in [-0.2, 0) is 26.1 Å². The molecule has 0 spiro atoms. The fraction of sp³-hybridized carbons (Fsp3) is 0.192. The molecule has 5 heteroatoms. The van der Waals surface area contributed by atoms with Gasteiger partial charge in [0, 0.05) is 31.3 Å². The fourth-order valence-electron chi connectivity index (χ4n) is 4.09. The minimum absolute atomic E-state index is 0.0366. The Morgan fingerprint density at radius 2 is 1.61 bits per heavy atom. The molecule has 0 unspecified atom stereocenters. The molecule has 0 saturated carbocycles. The van der Waals surface area contributed by atoms with Crippen molar-refractivity contribution in [3.05, 3.63) is 118 Å². The van der Waals surface area contributed by atoms with Crippen LogP contribution < -0.4 is 10.3 Å². The van der Waals surface area contributed by atoms with Crippen LogP contribution in [0, 0.1) is 0 Å². The second kappa shape index (κ2) is 8.66. The van der Waals surface area contributed by atoms with Crippen LogP contribution in [0.25, 0.3) is 5.69 Å². The van der Waals surface area contributed by atoms with Gasteiger partial charge in [0.1, 0.15) is 12.4 Å². The predicted octanol–water partition coefficient (Wildman–Crippen LogP) is 4.30. The lowest BCUT2D eigenvalue weighted by Crippen LogP contribution is -2.31. The molecule has 1 aliphatic rings. The van der Waals surface area contributed by atoms with Gasteiger partial charge in [-0.15, -0.1) is 0 Å². The molecule has 0 bridgehead atoms. The van der Waals surface area contributed by atoms with Gasteiger partial charge in [-0.1, -0.05) is 66.7 Å². The number of rotatable bonds is 6. The summed E-state index contributed by atoms with van der Waals surface area (Å²) in [7, 11) is 0. The molecule has 0 aliphatic carbocycles. The molecule has 1 aromatic heterocycles. The van der Waals surface area contributed by atoms with Crippen LogP contribution in [0.1, 0.15) is 22.4 Å². The Kier molecular flexibility index (Phi) is 5.42. The first kappa shape index (κ1) is 19.4. The van der Waals surface area contributed by atoms with E-state index < -0.39 is 0 Å². The molecule has 5 nitrogen and oxygen atoms in total. The highest BCUT2D eigenvalue weighted by Gasteiger charge is 2.23. The topological polar surface area (TPSA) is 50.3 Å². The molecular weight excluding hydrogens is 386 g/mol. The van der Waals surface area contributed by atoms with Gasteiger partial charge in [0.2, 0.25) is 0 Å². The first-order valence-electron chi connectivity index (χ1n) is 10.6. The third kappa shape index (κ3) is 4.32. The van der Waals surface area contributed by atoms with E-state index in [1.807, 2.05) is 60.7 Å². The summed E-state index contributed by atoms with van der Waals surface area (Å²) in [6.45, 7) is 3.01. The van der Waals surface area contributed by atoms with Gasteiger partial charge >= 0.3 is 0 Å². The van der Waals surface area contributed by atoms with Crippen molar-refractivity contribution in [2.45, 2.75) is 26.1 Å². The van der Waals surface area contributed by atoms with Crippen molar-refractivity contribution in [3.8, 4) is 11.4 Å². The molecule has 0 radical (unpaired) electrons. The number of ether oxygens (including phenoxy) is 1. The maximum Gasteiger partial charge on any atom is 0.274 e.